The molecule has 54 heavy (non-hydrogen) atoms. The van der Waals surface area contributed by atoms with Crippen LogP contribution in [0.25, 0.3) is 0 Å². The smallest absolute Gasteiger partial charge is 0.264 e. The first-order valence-corrected chi connectivity index (χ1v) is 22.4. The minimum atomic E-state index is -3.94. The van der Waals surface area contributed by atoms with Crippen molar-refractivity contribution in [3.8, 4) is 5.75 Å². The van der Waals surface area contributed by atoms with Gasteiger partial charge in [-0.2, -0.15) is 0 Å². The van der Waals surface area contributed by atoms with Gasteiger partial charge in [0.1, 0.15) is 5.75 Å². The van der Waals surface area contributed by atoms with Gasteiger partial charge in [0.05, 0.1) is 36.8 Å². The van der Waals surface area contributed by atoms with Gasteiger partial charge in [-0.3, -0.25) is 14.5 Å². The van der Waals surface area contributed by atoms with Gasteiger partial charge >= 0.3 is 0 Å². The number of rotatable bonds is 1. The summed E-state index contributed by atoms with van der Waals surface area (Å²) in [4.78, 5) is 35.2. The average molecular weight is 779 g/mol. The Morgan fingerprint density at radius 2 is 1.87 bits per heavy atom. The zero-order valence-electron chi connectivity index (χ0n) is 31.7. The third-order valence-corrected chi connectivity index (χ3v) is 17.1. The Balaban J connectivity index is 1.07. The molecule has 292 valence electrons. The molecule has 1 N–H and O–H groups in total. The second kappa shape index (κ2) is 14.0. The van der Waals surface area contributed by atoms with Crippen molar-refractivity contribution in [2.45, 2.75) is 88.3 Å². The Morgan fingerprint density at radius 1 is 1.00 bits per heavy atom. The molecule has 4 heterocycles. The quantitative estimate of drug-likeness (QED) is 0.396. The number of aryl methyl sites for hydroxylation is 1. The highest BCUT2D eigenvalue weighted by molar-refractivity contribution is 7.90. The maximum atomic E-state index is 14.5. The molecular formula is C42H55ClN4O6S. The van der Waals surface area contributed by atoms with Crippen molar-refractivity contribution in [3.05, 3.63) is 58.1 Å². The molecule has 2 saturated heterocycles. The first-order chi connectivity index (χ1) is 26.0. The number of fused-ring (bicyclic) bond motifs is 6. The van der Waals surface area contributed by atoms with Crippen LogP contribution in [0.3, 0.4) is 0 Å². The summed E-state index contributed by atoms with van der Waals surface area (Å²) in [5, 5.41) is 0.000781. The van der Waals surface area contributed by atoms with Crippen molar-refractivity contribution in [2.24, 2.45) is 29.1 Å². The first-order valence-electron chi connectivity index (χ1n) is 20.4. The lowest BCUT2D eigenvalue weighted by Crippen LogP contribution is -2.59. The Bertz CT molecular complexity index is 1930. The van der Waals surface area contributed by atoms with E-state index < -0.39 is 21.2 Å². The number of halogens is 1. The van der Waals surface area contributed by atoms with Gasteiger partial charge in [0, 0.05) is 61.2 Å². The molecule has 3 aliphatic carbocycles. The summed E-state index contributed by atoms with van der Waals surface area (Å²) in [5.74, 6) is 1.06. The number of carbonyl (C=O) groups is 2. The van der Waals surface area contributed by atoms with Crippen molar-refractivity contribution in [1.82, 2.24) is 14.5 Å². The Labute approximate surface area is 325 Å². The van der Waals surface area contributed by atoms with Crippen LogP contribution < -0.4 is 14.4 Å². The summed E-state index contributed by atoms with van der Waals surface area (Å²) in [6, 6.07) is 11.9. The van der Waals surface area contributed by atoms with Crippen LogP contribution in [0.5, 0.6) is 5.75 Å². The van der Waals surface area contributed by atoms with E-state index >= 15 is 0 Å². The topological polar surface area (TPSA) is 108 Å². The van der Waals surface area contributed by atoms with Crippen LogP contribution in [0, 0.1) is 29.1 Å². The average Bonchev–Trinajstić information content (AvgIpc) is 3.89. The van der Waals surface area contributed by atoms with E-state index in [4.69, 9.17) is 21.1 Å². The van der Waals surface area contributed by atoms with Crippen molar-refractivity contribution in [1.29, 1.82) is 0 Å². The number of nitrogens with one attached hydrogen (secondary N) is 1. The summed E-state index contributed by atoms with van der Waals surface area (Å²) in [7, 11) is -3.94. The molecule has 7 aliphatic rings. The number of hydrogen-bond acceptors (Lipinski definition) is 8. The molecule has 9 rings (SSSR count). The van der Waals surface area contributed by atoms with Crippen molar-refractivity contribution >= 4 is 39.1 Å². The highest BCUT2D eigenvalue weighted by Gasteiger charge is 2.65. The van der Waals surface area contributed by atoms with Gasteiger partial charge in [0.2, 0.25) is 15.9 Å². The highest BCUT2D eigenvalue weighted by atomic mass is 35.5. The van der Waals surface area contributed by atoms with Gasteiger partial charge in [-0.1, -0.05) is 31.0 Å². The van der Waals surface area contributed by atoms with Gasteiger partial charge < -0.3 is 19.3 Å². The molecule has 4 fully saturated rings. The lowest BCUT2D eigenvalue weighted by molar-refractivity contribution is -0.140. The number of carbonyl (C=O) groups excluding carboxylic acids is 2. The number of piperazine rings is 1. The van der Waals surface area contributed by atoms with E-state index in [1.54, 1.807) is 13.0 Å². The number of amides is 2. The number of hydrogen-bond donors (Lipinski definition) is 1. The first kappa shape index (κ1) is 36.8. The number of ether oxygens (including phenoxy) is 2. The minimum absolute atomic E-state index is 0.00339. The molecule has 0 radical (unpaired) electrons. The Morgan fingerprint density at radius 3 is 2.70 bits per heavy atom. The van der Waals surface area contributed by atoms with E-state index in [2.05, 4.69) is 31.6 Å². The van der Waals surface area contributed by atoms with Gasteiger partial charge in [-0.05, 0) is 123 Å². The highest BCUT2D eigenvalue weighted by Crippen LogP contribution is 2.68. The Kier molecular flexibility index (Phi) is 9.50. The van der Waals surface area contributed by atoms with Gasteiger partial charge in [0.15, 0.2) is 0 Å². The van der Waals surface area contributed by atoms with Gasteiger partial charge in [-0.25, -0.2) is 13.1 Å². The third-order valence-electron chi connectivity index (χ3n) is 14.9. The summed E-state index contributed by atoms with van der Waals surface area (Å²) in [6.45, 7) is 10.5. The van der Waals surface area contributed by atoms with Crippen LogP contribution in [-0.2, 0) is 31.4 Å². The molecule has 2 saturated carbocycles. The number of benzene rings is 2. The molecule has 2 aromatic carbocycles. The molecule has 4 aliphatic heterocycles. The molecule has 0 aromatic heterocycles. The lowest BCUT2D eigenvalue weighted by atomic mass is 9.62. The zero-order chi connectivity index (χ0) is 37.4. The van der Waals surface area contributed by atoms with Gasteiger partial charge in [0.25, 0.3) is 5.91 Å². The van der Waals surface area contributed by atoms with Crippen LogP contribution >= 0.6 is 11.6 Å². The second-order valence-corrected chi connectivity index (χ2v) is 20.3. The van der Waals surface area contributed by atoms with Crippen molar-refractivity contribution in [2.75, 3.05) is 64.0 Å². The maximum absolute atomic E-state index is 14.5. The SMILES string of the molecule is C[C@@H]1[C@@H](C)CCC[C@@]2(C[C@@H]2C(=O)N2CCN3CCOC[C@H]3C2)[C@@H]2CC[C@H]2CN2C[C@@]3(CCCc4cc(Cl)ccc43)COc3ccc(cc32)C(=O)NS1(=O)=O. The largest absolute Gasteiger partial charge is 0.490 e. The number of sulfonamides is 1. The second-order valence-electron chi connectivity index (χ2n) is 17.8. The monoisotopic (exact) mass is 778 g/mol. The van der Waals surface area contributed by atoms with E-state index in [9.17, 15) is 18.0 Å². The molecule has 2 bridgehead atoms. The van der Waals surface area contributed by atoms with E-state index in [0.717, 1.165) is 114 Å². The normalized spacial score (nSPS) is 36.5. The molecule has 8 atom stereocenters. The van der Waals surface area contributed by atoms with Crippen molar-refractivity contribution < 1.29 is 27.5 Å². The molecule has 2 aromatic rings. The standard InChI is InChI=1S/C42H55ClN4O6S/c1-27-5-3-14-42(21-36(42)40(49)46-16-15-45-17-18-52-24-33(45)23-46)35-10-7-31(35)22-47-25-41(13-4-6-29-19-32(43)9-11-34(29)41)26-53-38-12-8-30(20-37(38)47)39(48)44-54(50,51)28(27)2/h8-9,11-12,19-20,27-28,31,33,35-36H,3-7,10,13-18,21-26H2,1-2H3,(H,44,48)/t27-,28+,31-,33+,35+,36+,41-,42+/m0/s1. The van der Waals surface area contributed by atoms with E-state index in [1.807, 2.05) is 25.1 Å². The van der Waals surface area contributed by atoms with Crippen LogP contribution in [0.2, 0.25) is 5.02 Å². The van der Waals surface area contributed by atoms with Gasteiger partial charge in [-0.15, -0.1) is 0 Å². The predicted octanol–water partition coefficient (Wildman–Crippen LogP) is 5.66. The third kappa shape index (κ3) is 6.42. The molecule has 2 spiro atoms. The molecule has 10 nitrogen and oxygen atoms in total. The van der Waals surface area contributed by atoms with Crippen molar-refractivity contribution in [3.63, 3.8) is 0 Å². The van der Waals surface area contributed by atoms with Crippen LogP contribution in [0.15, 0.2) is 36.4 Å². The lowest BCUT2D eigenvalue weighted by Gasteiger charge is -2.48. The van der Waals surface area contributed by atoms with E-state index in [-0.39, 0.29) is 28.7 Å². The Hall–Kier alpha value is -2.86. The summed E-state index contributed by atoms with van der Waals surface area (Å²) in [6.07, 6.45) is 8.60. The molecular weight excluding hydrogens is 724 g/mol. The van der Waals surface area contributed by atoms with Crippen LogP contribution in [0.4, 0.5) is 5.69 Å². The predicted molar refractivity (Wildman–Crippen MR) is 209 cm³/mol. The molecule has 2 amide bonds. The fourth-order valence-electron chi connectivity index (χ4n) is 11.4. The zero-order valence-corrected chi connectivity index (χ0v) is 33.3. The van der Waals surface area contributed by atoms with E-state index in [1.165, 1.54) is 11.1 Å². The fourth-order valence-corrected chi connectivity index (χ4v) is 12.9. The number of morpholine rings is 1. The van der Waals surface area contributed by atoms with E-state index in [0.29, 0.717) is 42.3 Å². The van der Waals surface area contributed by atoms with Crippen LogP contribution in [-0.4, -0.2) is 100 Å². The number of nitrogens with zero attached hydrogens (tertiary/aromatic N) is 3. The summed E-state index contributed by atoms with van der Waals surface area (Å²) in [5.41, 5.74) is 3.35. The summed E-state index contributed by atoms with van der Waals surface area (Å²) < 4.78 is 42.2. The molecule has 12 heteroatoms. The maximum Gasteiger partial charge on any atom is 0.264 e. The number of anilines is 1. The summed E-state index contributed by atoms with van der Waals surface area (Å²) >= 11 is 6.50. The van der Waals surface area contributed by atoms with Crippen LogP contribution in [0.1, 0.15) is 86.7 Å². The molecule has 0 unspecified atom stereocenters. The fraction of sp³-hybridized carbons (Fsp3) is 0.667. The minimum Gasteiger partial charge on any atom is -0.490 e.